The Labute approximate surface area is 155 Å². The Kier molecular flexibility index (Phi) is 6.73. The van der Waals surface area contributed by atoms with Gasteiger partial charge < -0.3 is 15.1 Å². The van der Waals surface area contributed by atoms with Gasteiger partial charge in [-0.2, -0.15) is 0 Å². The number of nitrogens with zero attached hydrogens (tertiary/aromatic N) is 3. The van der Waals surface area contributed by atoms with Crippen molar-refractivity contribution >= 4 is 32.1 Å². The number of hydrogen-bond acceptors (Lipinski definition) is 5. The summed E-state index contributed by atoms with van der Waals surface area (Å²) < 4.78 is 22.8. The molecule has 2 heterocycles. The topological polar surface area (TPSA) is 65.0 Å². The molecule has 25 heavy (non-hydrogen) atoms. The summed E-state index contributed by atoms with van der Waals surface area (Å²) >= 11 is 1.78. The molecule has 1 aromatic rings. The molecule has 8 heteroatoms. The molecule has 0 spiro atoms. The quantitative estimate of drug-likeness (QED) is 0.598. The van der Waals surface area contributed by atoms with Crippen molar-refractivity contribution in [3.8, 4) is 0 Å². The van der Waals surface area contributed by atoms with Crippen molar-refractivity contribution in [2.24, 2.45) is 10.4 Å². The number of piperazine rings is 1. The fourth-order valence-electron chi connectivity index (χ4n) is 2.79. The van der Waals surface area contributed by atoms with Crippen LogP contribution in [0.4, 0.5) is 5.00 Å². The van der Waals surface area contributed by atoms with Gasteiger partial charge in [-0.15, -0.1) is 11.3 Å². The highest BCUT2D eigenvalue weighted by atomic mass is 32.2. The molecule has 1 aliphatic heterocycles. The van der Waals surface area contributed by atoms with Crippen molar-refractivity contribution in [2.75, 3.05) is 56.7 Å². The molecule has 0 aromatic carbocycles. The SMILES string of the molecule is CN=C(NCC(C)(C)CCS(C)(=O)=O)N1CCN(c2cccs2)CC1. The van der Waals surface area contributed by atoms with E-state index in [0.717, 1.165) is 32.1 Å². The van der Waals surface area contributed by atoms with Crippen LogP contribution in [-0.4, -0.2) is 71.1 Å². The molecule has 1 aliphatic rings. The zero-order valence-electron chi connectivity index (χ0n) is 15.7. The monoisotopic (exact) mass is 386 g/mol. The number of rotatable bonds is 6. The highest BCUT2D eigenvalue weighted by Gasteiger charge is 2.24. The predicted molar refractivity (Wildman–Crippen MR) is 108 cm³/mol. The van der Waals surface area contributed by atoms with Crippen molar-refractivity contribution in [2.45, 2.75) is 20.3 Å². The van der Waals surface area contributed by atoms with Gasteiger partial charge in [0.15, 0.2) is 5.96 Å². The third-order valence-electron chi connectivity index (χ3n) is 4.48. The van der Waals surface area contributed by atoms with Gasteiger partial charge in [0, 0.05) is 46.0 Å². The number of nitrogens with one attached hydrogen (secondary N) is 1. The number of thiophene rings is 1. The van der Waals surface area contributed by atoms with Crippen molar-refractivity contribution in [3.05, 3.63) is 17.5 Å². The fourth-order valence-corrected chi connectivity index (χ4v) is 4.50. The lowest BCUT2D eigenvalue weighted by Gasteiger charge is -2.38. The molecule has 6 nitrogen and oxygen atoms in total. The Morgan fingerprint density at radius 1 is 1.32 bits per heavy atom. The van der Waals surface area contributed by atoms with E-state index >= 15 is 0 Å². The van der Waals surface area contributed by atoms with Crippen LogP contribution in [0.2, 0.25) is 0 Å². The highest BCUT2D eigenvalue weighted by molar-refractivity contribution is 7.90. The van der Waals surface area contributed by atoms with Gasteiger partial charge in [0.05, 0.1) is 10.8 Å². The van der Waals surface area contributed by atoms with Crippen LogP contribution in [0.5, 0.6) is 0 Å². The summed E-state index contributed by atoms with van der Waals surface area (Å²) in [7, 11) is -1.12. The number of anilines is 1. The molecule has 0 unspecified atom stereocenters. The van der Waals surface area contributed by atoms with E-state index in [9.17, 15) is 8.42 Å². The summed E-state index contributed by atoms with van der Waals surface area (Å²) in [5.41, 5.74) is -0.0994. The Bertz CT molecular complexity index is 661. The number of aliphatic imine (C=N–C) groups is 1. The Balaban J connectivity index is 1.83. The van der Waals surface area contributed by atoms with E-state index in [4.69, 9.17) is 0 Å². The van der Waals surface area contributed by atoms with Crippen LogP contribution in [0.1, 0.15) is 20.3 Å². The number of sulfone groups is 1. The first-order chi connectivity index (χ1) is 11.7. The van der Waals surface area contributed by atoms with Gasteiger partial charge in [-0.25, -0.2) is 8.42 Å². The van der Waals surface area contributed by atoms with Crippen LogP contribution in [-0.2, 0) is 9.84 Å². The van der Waals surface area contributed by atoms with E-state index in [0.29, 0.717) is 13.0 Å². The number of hydrogen-bond donors (Lipinski definition) is 1. The van der Waals surface area contributed by atoms with E-state index in [1.54, 1.807) is 18.4 Å². The lowest BCUT2D eigenvalue weighted by molar-refractivity contribution is 0.327. The minimum Gasteiger partial charge on any atom is -0.360 e. The molecule has 2 rings (SSSR count). The zero-order valence-corrected chi connectivity index (χ0v) is 17.3. The predicted octanol–water partition coefficient (Wildman–Crippen LogP) is 1.91. The smallest absolute Gasteiger partial charge is 0.193 e. The number of guanidine groups is 1. The van der Waals surface area contributed by atoms with Crippen LogP contribution >= 0.6 is 11.3 Å². The second kappa shape index (κ2) is 8.40. The molecule has 142 valence electrons. The Hall–Kier alpha value is -1.28. The van der Waals surface area contributed by atoms with E-state index in [1.807, 2.05) is 0 Å². The molecule has 0 amide bonds. The summed E-state index contributed by atoms with van der Waals surface area (Å²) in [5, 5.41) is 6.87. The van der Waals surface area contributed by atoms with Gasteiger partial charge in [0.2, 0.25) is 0 Å². The van der Waals surface area contributed by atoms with E-state index in [2.05, 4.69) is 51.5 Å². The molecule has 0 saturated carbocycles. The first kappa shape index (κ1) is 20.0. The molecular weight excluding hydrogens is 356 g/mol. The molecule has 1 fully saturated rings. The van der Waals surface area contributed by atoms with Crippen molar-refractivity contribution < 1.29 is 8.42 Å². The standard InChI is InChI=1S/C17H30N4O2S2/c1-17(2,7-13-25(4,22)23)14-19-16(18-3)21-10-8-20(9-11-21)15-6-5-12-24-15/h5-6,12H,7-11,13-14H2,1-4H3,(H,18,19). The molecule has 0 bridgehead atoms. The molecular formula is C17H30N4O2S2. The highest BCUT2D eigenvalue weighted by Crippen LogP contribution is 2.23. The van der Waals surface area contributed by atoms with Crippen molar-refractivity contribution in [1.29, 1.82) is 0 Å². The van der Waals surface area contributed by atoms with Gasteiger partial charge in [-0.05, 0) is 29.3 Å². The minimum absolute atomic E-state index is 0.0994. The first-order valence-electron chi connectivity index (χ1n) is 8.62. The molecule has 1 saturated heterocycles. The maximum absolute atomic E-state index is 11.4. The van der Waals surface area contributed by atoms with E-state index < -0.39 is 9.84 Å². The normalized spacial score (nSPS) is 17.0. The molecule has 1 N–H and O–H groups in total. The largest absolute Gasteiger partial charge is 0.360 e. The summed E-state index contributed by atoms with van der Waals surface area (Å²) in [6.07, 6.45) is 1.94. The van der Waals surface area contributed by atoms with Crippen LogP contribution in [0.3, 0.4) is 0 Å². The Morgan fingerprint density at radius 2 is 2.00 bits per heavy atom. The average molecular weight is 387 g/mol. The van der Waals surface area contributed by atoms with Gasteiger partial charge in [0.1, 0.15) is 9.84 Å². The van der Waals surface area contributed by atoms with E-state index in [1.165, 1.54) is 11.3 Å². The van der Waals surface area contributed by atoms with E-state index in [-0.39, 0.29) is 11.2 Å². The van der Waals surface area contributed by atoms with Crippen LogP contribution < -0.4 is 10.2 Å². The summed E-state index contributed by atoms with van der Waals surface area (Å²) in [5.74, 6) is 1.12. The van der Waals surface area contributed by atoms with Gasteiger partial charge >= 0.3 is 0 Å². The summed E-state index contributed by atoms with van der Waals surface area (Å²) in [6.45, 7) is 8.72. The lowest BCUT2D eigenvalue weighted by atomic mass is 9.90. The third kappa shape index (κ3) is 6.51. The molecule has 1 aromatic heterocycles. The zero-order chi connectivity index (χ0) is 18.5. The minimum atomic E-state index is -2.92. The second-order valence-electron chi connectivity index (χ2n) is 7.37. The van der Waals surface area contributed by atoms with Gasteiger partial charge in [-0.1, -0.05) is 13.8 Å². The van der Waals surface area contributed by atoms with Crippen LogP contribution in [0.25, 0.3) is 0 Å². The van der Waals surface area contributed by atoms with Gasteiger partial charge in [-0.3, -0.25) is 4.99 Å². The fraction of sp³-hybridized carbons (Fsp3) is 0.706. The maximum atomic E-state index is 11.4. The molecule has 0 atom stereocenters. The van der Waals surface area contributed by atoms with Crippen LogP contribution in [0.15, 0.2) is 22.5 Å². The summed E-state index contributed by atoms with van der Waals surface area (Å²) in [4.78, 5) is 9.09. The first-order valence-corrected chi connectivity index (χ1v) is 11.6. The lowest BCUT2D eigenvalue weighted by Crippen LogP contribution is -2.53. The third-order valence-corrected chi connectivity index (χ3v) is 6.36. The van der Waals surface area contributed by atoms with Crippen molar-refractivity contribution in [3.63, 3.8) is 0 Å². The summed E-state index contributed by atoms with van der Waals surface area (Å²) in [6, 6.07) is 4.25. The maximum Gasteiger partial charge on any atom is 0.193 e. The molecule has 0 radical (unpaired) electrons. The van der Waals surface area contributed by atoms with Gasteiger partial charge in [0.25, 0.3) is 0 Å². The Morgan fingerprint density at radius 3 is 2.52 bits per heavy atom. The average Bonchev–Trinajstić information content (AvgIpc) is 3.08. The van der Waals surface area contributed by atoms with Crippen LogP contribution in [0, 0.1) is 5.41 Å². The molecule has 0 aliphatic carbocycles. The van der Waals surface area contributed by atoms with Crippen molar-refractivity contribution in [1.82, 2.24) is 10.2 Å². The second-order valence-corrected chi connectivity index (χ2v) is 10.6.